The van der Waals surface area contributed by atoms with Crippen LogP contribution in [0.2, 0.25) is 5.02 Å². The van der Waals surface area contributed by atoms with Crippen LogP contribution in [0.3, 0.4) is 0 Å². The minimum atomic E-state index is -0.443. The molecular weight excluding hydrogens is 418 g/mol. The van der Waals surface area contributed by atoms with E-state index < -0.39 is 5.91 Å². The van der Waals surface area contributed by atoms with Crippen molar-refractivity contribution in [2.45, 2.75) is 26.8 Å². The maximum Gasteiger partial charge on any atom is 0.321 e. The highest BCUT2D eigenvalue weighted by atomic mass is 35.5. The number of nitrogens with zero attached hydrogens (tertiary/aromatic N) is 3. The molecule has 0 aliphatic rings. The summed E-state index contributed by atoms with van der Waals surface area (Å²) in [6.45, 7) is 4.60. The Morgan fingerprint density at radius 3 is 2.58 bits per heavy atom. The molecule has 8 nitrogen and oxygen atoms in total. The molecule has 0 saturated heterocycles. The van der Waals surface area contributed by atoms with Crippen molar-refractivity contribution in [3.8, 4) is 0 Å². The van der Waals surface area contributed by atoms with E-state index in [1.165, 1.54) is 4.90 Å². The Hall–Kier alpha value is -3.39. The number of hydrogen-bond donors (Lipinski definition) is 2. The van der Waals surface area contributed by atoms with Gasteiger partial charge in [0.15, 0.2) is 5.82 Å². The van der Waals surface area contributed by atoms with Gasteiger partial charge in [0.05, 0.1) is 0 Å². The first kappa shape index (κ1) is 22.3. The Morgan fingerprint density at radius 1 is 1.13 bits per heavy atom. The summed E-state index contributed by atoms with van der Waals surface area (Å²) in [4.78, 5) is 30.1. The average molecular weight is 442 g/mol. The van der Waals surface area contributed by atoms with E-state index >= 15 is 0 Å². The quantitative estimate of drug-likeness (QED) is 0.577. The Labute approximate surface area is 185 Å². The molecule has 0 aliphatic carbocycles. The molecule has 31 heavy (non-hydrogen) atoms. The number of rotatable bonds is 7. The third-order valence-corrected chi connectivity index (χ3v) is 5.08. The zero-order valence-electron chi connectivity index (χ0n) is 17.6. The number of likely N-dealkylation sites (N-methyl/N-ethyl adjacent to an activating group) is 1. The Balaban J connectivity index is 1.47. The fourth-order valence-corrected chi connectivity index (χ4v) is 2.85. The molecule has 0 fully saturated rings. The fraction of sp³-hybridized carbons (Fsp3) is 0.273. The summed E-state index contributed by atoms with van der Waals surface area (Å²) in [6, 6.07) is 12.9. The van der Waals surface area contributed by atoms with Crippen LogP contribution in [0, 0.1) is 13.8 Å². The Kier molecular flexibility index (Phi) is 7.25. The molecule has 0 bridgehead atoms. The summed E-state index contributed by atoms with van der Waals surface area (Å²) in [5.41, 5.74) is 3.67. The molecule has 0 saturated carbocycles. The van der Waals surface area contributed by atoms with Crippen LogP contribution in [0.1, 0.15) is 33.2 Å². The largest absolute Gasteiger partial charge is 0.344 e. The molecule has 0 radical (unpaired) electrons. The van der Waals surface area contributed by atoms with Crippen LogP contribution >= 0.6 is 11.6 Å². The summed E-state index contributed by atoms with van der Waals surface area (Å²) in [7, 11) is 1.65. The van der Waals surface area contributed by atoms with Gasteiger partial charge in [-0.3, -0.25) is 4.79 Å². The van der Waals surface area contributed by atoms with E-state index in [1.54, 1.807) is 19.2 Å². The number of urea groups is 1. The van der Waals surface area contributed by atoms with E-state index in [9.17, 15) is 9.59 Å². The van der Waals surface area contributed by atoms with Crippen molar-refractivity contribution in [2.24, 2.45) is 0 Å². The van der Waals surface area contributed by atoms with Gasteiger partial charge in [0.25, 0.3) is 0 Å². The topological polar surface area (TPSA) is 100 Å². The number of anilines is 1. The van der Waals surface area contributed by atoms with Crippen molar-refractivity contribution in [3.63, 3.8) is 0 Å². The Bertz CT molecular complexity index is 1070. The minimum Gasteiger partial charge on any atom is -0.344 e. The summed E-state index contributed by atoms with van der Waals surface area (Å²) < 4.78 is 5.04. The number of carbonyl (C=O) groups excluding carboxylic acids is 2. The van der Waals surface area contributed by atoms with Gasteiger partial charge in [0, 0.05) is 37.3 Å². The third-order valence-electron chi connectivity index (χ3n) is 4.68. The summed E-state index contributed by atoms with van der Waals surface area (Å²) in [6.07, 6.45) is 0.341. The lowest BCUT2D eigenvalue weighted by atomic mass is 10.1. The summed E-state index contributed by atoms with van der Waals surface area (Å²) in [5, 5.41) is 9.93. The predicted molar refractivity (Wildman–Crippen MR) is 118 cm³/mol. The molecule has 0 spiro atoms. The summed E-state index contributed by atoms with van der Waals surface area (Å²) in [5.74, 6) is -0.205. The molecule has 3 rings (SSSR count). The van der Waals surface area contributed by atoms with Gasteiger partial charge in [-0.2, -0.15) is 4.98 Å². The lowest BCUT2D eigenvalue weighted by Gasteiger charge is -2.17. The number of aromatic nitrogens is 2. The van der Waals surface area contributed by atoms with Crippen LogP contribution in [-0.4, -0.2) is 40.6 Å². The second-order valence-corrected chi connectivity index (χ2v) is 7.66. The third kappa shape index (κ3) is 6.29. The van der Waals surface area contributed by atoms with Gasteiger partial charge in [-0.05, 0) is 37.1 Å². The average Bonchev–Trinajstić information content (AvgIpc) is 3.23. The Morgan fingerprint density at radius 2 is 1.87 bits per heavy atom. The number of aryl methyl sites for hydroxylation is 2. The van der Waals surface area contributed by atoms with Crippen LogP contribution < -0.4 is 10.6 Å². The number of carbonyl (C=O) groups is 2. The number of benzene rings is 2. The molecule has 3 aromatic rings. The molecule has 0 unspecified atom stereocenters. The van der Waals surface area contributed by atoms with Gasteiger partial charge in [-0.25, -0.2) is 4.79 Å². The number of hydrogen-bond acceptors (Lipinski definition) is 5. The zero-order chi connectivity index (χ0) is 22.4. The first-order chi connectivity index (χ1) is 14.8. The molecule has 9 heteroatoms. The molecule has 162 valence electrons. The van der Waals surface area contributed by atoms with Crippen LogP contribution in [0.5, 0.6) is 0 Å². The van der Waals surface area contributed by atoms with Gasteiger partial charge in [0.2, 0.25) is 0 Å². The van der Waals surface area contributed by atoms with Crippen LogP contribution in [0.15, 0.2) is 47.0 Å². The highest BCUT2D eigenvalue weighted by Crippen LogP contribution is 2.20. The first-order valence-electron chi connectivity index (χ1n) is 9.76. The van der Waals surface area contributed by atoms with Crippen molar-refractivity contribution in [1.82, 2.24) is 20.4 Å². The molecule has 0 atom stereocenters. The van der Waals surface area contributed by atoms with Crippen LogP contribution in [-0.2, 0) is 13.0 Å². The lowest BCUT2D eigenvalue weighted by Crippen LogP contribution is -2.33. The molecule has 2 aromatic carbocycles. The van der Waals surface area contributed by atoms with E-state index in [0.717, 1.165) is 16.7 Å². The molecule has 2 N–H and O–H groups in total. The van der Waals surface area contributed by atoms with Crippen molar-refractivity contribution in [1.29, 1.82) is 0 Å². The number of amides is 3. The van der Waals surface area contributed by atoms with Crippen molar-refractivity contribution >= 4 is 29.2 Å². The second kappa shape index (κ2) is 10.1. The highest BCUT2D eigenvalue weighted by Gasteiger charge is 2.16. The standard InChI is InChI=1S/C22H24ClN5O3/c1-14-4-7-16(8-5-14)13-24-20(29)21-26-19(27-31-21)10-11-28(3)22(30)25-17-9-6-15(2)18(23)12-17/h4-9,12H,10-11,13H2,1-3H3,(H,24,29)(H,25,30). The number of nitrogens with one attached hydrogen (secondary N) is 2. The first-order valence-corrected chi connectivity index (χ1v) is 10.1. The molecule has 0 aliphatic heterocycles. The molecule has 3 amide bonds. The smallest absolute Gasteiger partial charge is 0.321 e. The monoisotopic (exact) mass is 441 g/mol. The maximum atomic E-state index is 12.3. The lowest BCUT2D eigenvalue weighted by molar-refractivity contribution is 0.0907. The molecule has 1 heterocycles. The second-order valence-electron chi connectivity index (χ2n) is 7.25. The van der Waals surface area contributed by atoms with Crippen LogP contribution in [0.25, 0.3) is 0 Å². The van der Waals surface area contributed by atoms with E-state index in [0.29, 0.717) is 36.0 Å². The summed E-state index contributed by atoms with van der Waals surface area (Å²) >= 11 is 6.08. The maximum absolute atomic E-state index is 12.3. The molecular formula is C22H24ClN5O3. The number of halogens is 1. The molecule has 1 aromatic heterocycles. The minimum absolute atomic E-state index is 0.108. The van der Waals surface area contributed by atoms with Gasteiger partial charge in [0.1, 0.15) is 0 Å². The SMILES string of the molecule is Cc1ccc(CNC(=O)c2nc(CCN(C)C(=O)Nc3ccc(C)c(Cl)c3)no2)cc1. The van der Waals surface area contributed by atoms with Gasteiger partial charge < -0.3 is 20.1 Å². The predicted octanol–water partition coefficient (Wildman–Crippen LogP) is 3.98. The van der Waals surface area contributed by atoms with E-state index in [4.69, 9.17) is 16.1 Å². The zero-order valence-corrected chi connectivity index (χ0v) is 18.4. The van der Waals surface area contributed by atoms with E-state index in [1.807, 2.05) is 44.2 Å². The van der Waals surface area contributed by atoms with Crippen molar-refractivity contribution < 1.29 is 14.1 Å². The van der Waals surface area contributed by atoms with Gasteiger partial charge >= 0.3 is 17.8 Å². The van der Waals surface area contributed by atoms with Crippen molar-refractivity contribution in [2.75, 3.05) is 18.9 Å². The van der Waals surface area contributed by atoms with Crippen LogP contribution in [0.4, 0.5) is 10.5 Å². The van der Waals surface area contributed by atoms with Gasteiger partial charge in [-0.15, -0.1) is 0 Å². The highest BCUT2D eigenvalue weighted by molar-refractivity contribution is 6.31. The normalized spacial score (nSPS) is 10.6. The fourth-order valence-electron chi connectivity index (χ4n) is 2.67. The van der Waals surface area contributed by atoms with E-state index in [2.05, 4.69) is 20.8 Å². The van der Waals surface area contributed by atoms with Crippen molar-refractivity contribution in [3.05, 3.63) is 75.9 Å². The van der Waals surface area contributed by atoms with E-state index in [-0.39, 0.29) is 11.9 Å². The van der Waals surface area contributed by atoms with Gasteiger partial charge in [-0.1, -0.05) is 52.7 Å².